The number of carbonyl (C=O) groups excluding carboxylic acids is 2. The molecule has 0 bridgehead atoms. The molecule has 28 heavy (non-hydrogen) atoms. The highest BCUT2D eigenvalue weighted by Crippen LogP contribution is 2.19. The SMILES string of the molecule is CCc1ccccc1NC(=O)c1cccc(C(=O)N(CC)c2ccccc2)c1. The Morgan fingerprint density at radius 3 is 2.21 bits per heavy atom. The molecule has 0 atom stereocenters. The molecule has 0 saturated carbocycles. The number of carbonyl (C=O) groups is 2. The van der Waals surface area contributed by atoms with E-state index in [4.69, 9.17) is 0 Å². The van der Waals surface area contributed by atoms with Crippen LogP contribution in [0.4, 0.5) is 11.4 Å². The van der Waals surface area contributed by atoms with Crippen LogP contribution in [-0.4, -0.2) is 18.4 Å². The number of hydrogen-bond acceptors (Lipinski definition) is 2. The molecule has 1 N–H and O–H groups in total. The molecule has 3 aromatic carbocycles. The summed E-state index contributed by atoms with van der Waals surface area (Å²) in [6.45, 7) is 4.53. The number of rotatable bonds is 6. The van der Waals surface area contributed by atoms with Crippen LogP contribution in [0.2, 0.25) is 0 Å². The molecule has 0 heterocycles. The fourth-order valence-corrected chi connectivity index (χ4v) is 3.15. The van der Waals surface area contributed by atoms with E-state index < -0.39 is 0 Å². The van der Waals surface area contributed by atoms with E-state index in [9.17, 15) is 9.59 Å². The first kappa shape index (κ1) is 19.4. The molecule has 0 saturated heterocycles. The van der Waals surface area contributed by atoms with Crippen LogP contribution < -0.4 is 10.2 Å². The molecular weight excluding hydrogens is 348 g/mol. The van der Waals surface area contributed by atoms with Crippen LogP contribution in [0.15, 0.2) is 78.9 Å². The topological polar surface area (TPSA) is 49.4 Å². The van der Waals surface area contributed by atoms with Crippen LogP contribution >= 0.6 is 0 Å². The number of amides is 2. The zero-order chi connectivity index (χ0) is 19.9. The van der Waals surface area contributed by atoms with Crippen molar-refractivity contribution >= 4 is 23.2 Å². The van der Waals surface area contributed by atoms with Crippen molar-refractivity contribution in [2.45, 2.75) is 20.3 Å². The van der Waals surface area contributed by atoms with Gasteiger partial charge in [-0.05, 0) is 55.3 Å². The fraction of sp³-hybridized carbons (Fsp3) is 0.167. The number of aryl methyl sites for hydroxylation is 1. The van der Waals surface area contributed by atoms with Gasteiger partial charge in [-0.15, -0.1) is 0 Å². The molecule has 3 aromatic rings. The molecule has 0 aliphatic rings. The first-order chi connectivity index (χ1) is 13.6. The van der Waals surface area contributed by atoms with Gasteiger partial charge in [0.1, 0.15) is 0 Å². The van der Waals surface area contributed by atoms with Crippen LogP contribution in [0, 0.1) is 0 Å². The minimum atomic E-state index is -0.224. The Kier molecular flexibility index (Phi) is 6.22. The standard InChI is InChI=1S/C24H24N2O2/c1-3-18-11-8-9-16-22(18)25-23(27)19-12-10-13-20(17-19)24(28)26(4-2)21-14-6-5-7-15-21/h5-17H,3-4H2,1-2H3,(H,25,27). The van der Waals surface area contributed by atoms with Gasteiger partial charge < -0.3 is 10.2 Å². The quantitative estimate of drug-likeness (QED) is 0.649. The van der Waals surface area contributed by atoms with Crippen molar-refractivity contribution in [3.8, 4) is 0 Å². The lowest BCUT2D eigenvalue weighted by Gasteiger charge is -2.21. The number of nitrogens with zero attached hydrogens (tertiary/aromatic N) is 1. The summed E-state index contributed by atoms with van der Waals surface area (Å²) in [6, 6.07) is 24.1. The average molecular weight is 372 g/mol. The predicted molar refractivity (Wildman–Crippen MR) is 114 cm³/mol. The van der Waals surface area contributed by atoms with Gasteiger partial charge >= 0.3 is 0 Å². The smallest absolute Gasteiger partial charge is 0.258 e. The molecular formula is C24H24N2O2. The minimum absolute atomic E-state index is 0.127. The molecule has 0 fully saturated rings. The number of nitrogens with one attached hydrogen (secondary N) is 1. The average Bonchev–Trinajstić information content (AvgIpc) is 2.75. The van der Waals surface area contributed by atoms with Crippen molar-refractivity contribution in [3.63, 3.8) is 0 Å². The molecule has 0 aliphatic heterocycles. The van der Waals surface area contributed by atoms with Crippen molar-refractivity contribution in [2.75, 3.05) is 16.8 Å². The molecule has 0 aliphatic carbocycles. The molecule has 4 heteroatoms. The summed E-state index contributed by atoms with van der Waals surface area (Å²) >= 11 is 0. The monoisotopic (exact) mass is 372 g/mol. The lowest BCUT2D eigenvalue weighted by molar-refractivity contribution is 0.0988. The predicted octanol–water partition coefficient (Wildman–Crippen LogP) is 5.17. The number of benzene rings is 3. The molecule has 2 amide bonds. The number of para-hydroxylation sites is 2. The molecule has 0 aromatic heterocycles. The molecule has 0 unspecified atom stereocenters. The van der Waals surface area contributed by atoms with Gasteiger partial charge in [-0.1, -0.05) is 49.4 Å². The Hall–Kier alpha value is -3.40. The van der Waals surface area contributed by atoms with Crippen molar-refractivity contribution in [2.24, 2.45) is 0 Å². The van der Waals surface area contributed by atoms with Crippen LogP contribution in [0.5, 0.6) is 0 Å². The molecule has 142 valence electrons. The van der Waals surface area contributed by atoms with E-state index in [1.165, 1.54) is 0 Å². The van der Waals surface area contributed by atoms with Gasteiger partial charge in [-0.3, -0.25) is 9.59 Å². The second-order valence-corrected chi connectivity index (χ2v) is 6.43. The number of hydrogen-bond donors (Lipinski definition) is 1. The molecule has 0 spiro atoms. The third-order valence-corrected chi connectivity index (χ3v) is 4.65. The second-order valence-electron chi connectivity index (χ2n) is 6.43. The highest BCUT2D eigenvalue weighted by Gasteiger charge is 2.17. The van der Waals surface area contributed by atoms with E-state index in [1.807, 2.05) is 68.4 Å². The fourth-order valence-electron chi connectivity index (χ4n) is 3.15. The Bertz CT molecular complexity index is 967. The second kappa shape index (κ2) is 9.00. The van der Waals surface area contributed by atoms with E-state index in [0.717, 1.165) is 23.4 Å². The van der Waals surface area contributed by atoms with Gasteiger partial charge in [-0.25, -0.2) is 0 Å². The molecule has 3 rings (SSSR count). The van der Waals surface area contributed by atoms with E-state index in [1.54, 1.807) is 29.2 Å². The Labute approximate surface area is 165 Å². The molecule has 4 nitrogen and oxygen atoms in total. The van der Waals surface area contributed by atoms with E-state index in [-0.39, 0.29) is 11.8 Å². The van der Waals surface area contributed by atoms with E-state index in [0.29, 0.717) is 17.7 Å². The highest BCUT2D eigenvalue weighted by atomic mass is 16.2. The summed E-state index contributed by atoms with van der Waals surface area (Å²) in [5.41, 5.74) is 3.65. The summed E-state index contributed by atoms with van der Waals surface area (Å²) in [4.78, 5) is 27.4. The summed E-state index contributed by atoms with van der Waals surface area (Å²) in [7, 11) is 0. The van der Waals surface area contributed by atoms with Gasteiger partial charge in [0.15, 0.2) is 0 Å². The Morgan fingerprint density at radius 2 is 1.50 bits per heavy atom. The van der Waals surface area contributed by atoms with Gasteiger partial charge in [0.2, 0.25) is 0 Å². The van der Waals surface area contributed by atoms with Crippen LogP contribution in [0.1, 0.15) is 40.1 Å². The van der Waals surface area contributed by atoms with Crippen LogP contribution in [0.3, 0.4) is 0 Å². The van der Waals surface area contributed by atoms with Crippen LogP contribution in [0.25, 0.3) is 0 Å². The van der Waals surface area contributed by atoms with Gasteiger partial charge in [0.05, 0.1) is 0 Å². The first-order valence-electron chi connectivity index (χ1n) is 9.50. The van der Waals surface area contributed by atoms with Gasteiger partial charge in [0, 0.05) is 29.0 Å². The normalized spacial score (nSPS) is 10.4. The zero-order valence-electron chi connectivity index (χ0n) is 16.2. The Balaban J connectivity index is 1.83. The van der Waals surface area contributed by atoms with Crippen molar-refractivity contribution in [3.05, 3.63) is 95.6 Å². The zero-order valence-corrected chi connectivity index (χ0v) is 16.2. The largest absolute Gasteiger partial charge is 0.322 e. The van der Waals surface area contributed by atoms with Gasteiger partial charge in [0.25, 0.3) is 11.8 Å². The summed E-state index contributed by atoms with van der Waals surface area (Å²) in [5, 5.41) is 2.95. The highest BCUT2D eigenvalue weighted by molar-refractivity contribution is 6.09. The van der Waals surface area contributed by atoms with Crippen molar-refractivity contribution < 1.29 is 9.59 Å². The maximum Gasteiger partial charge on any atom is 0.258 e. The summed E-state index contributed by atoms with van der Waals surface area (Å²) < 4.78 is 0. The third-order valence-electron chi connectivity index (χ3n) is 4.65. The van der Waals surface area contributed by atoms with Gasteiger partial charge in [-0.2, -0.15) is 0 Å². The Morgan fingerprint density at radius 1 is 0.821 bits per heavy atom. The van der Waals surface area contributed by atoms with E-state index in [2.05, 4.69) is 5.32 Å². The summed E-state index contributed by atoms with van der Waals surface area (Å²) in [5.74, 6) is -0.351. The first-order valence-corrected chi connectivity index (χ1v) is 9.50. The third kappa shape index (κ3) is 4.29. The van der Waals surface area contributed by atoms with E-state index >= 15 is 0 Å². The van der Waals surface area contributed by atoms with Crippen LogP contribution in [-0.2, 0) is 6.42 Å². The minimum Gasteiger partial charge on any atom is -0.322 e. The van der Waals surface area contributed by atoms with Crippen molar-refractivity contribution in [1.29, 1.82) is 0 Å². The summed E-state index contributed by atoms with van der Waals surface area (Å²) in [6.07, 6.45) is 0.831. The molecule has 0 radical (unpaired) electrons. The maximum atomic E-state index is 13.0. The maximum absolute atomic E-state index is 13.0. The van der Waals surface area contributed by atoms with Crippen molar-refractivity contribution in [1.82, 2.24) is 0 Å². The lowest BCUT2D eigenvalue weighted by atomic mass is 10.1. The lowest BCUT2D eigenvalue weighted by Crippen LogP contribution is -2.30. The number of anilines is 2.